The molecule has 1 aliphatic heterocycles. The van der Waals surface area contributed by atoms with Crippen LogP contribution in [-0.4, -0.2) is 46.7 Å². The summed E-state index contributed by atoms with van der Waals surface area (Å²) in [4.78, 5) is 4.13. The van der Waals surface area contributed by atoms with Crippen LogP contribution in [0.2, 0.25) is 0 Å². The van der Waals surface area contributed by atoms with Crippen molar-refractivity contribution in [1.82, 2.24) is 13.9 Å². The van der Waals surface area contributed by atoms with Crippen LogP contribution in [0, 0.1) is 5.92 Å². The van der Waals surface area contributed by atoms with E-state index in [-0.39, 0.29) is 5.92 Å². The monoisotopic (exact) mass is 287 g/mol. The number of piperidine rings is 1. The van der Waals surface area contributed by atoms with Gasteiger partial charge >= 0.3 is 0 Å². The number of hydrogen-bond donors (Lipinski definition) is 1. The predicted octanol–water partition coefficient (Wildman–Crippen LogP) is 0.515. The van der Waals surface area contributed by atoms with Crippen LogP contribution < -0.4 is 0 Å². The Morgan fingerprint density at radius 2 is 2.32 bits per heavy atom. The van der Waals surface area contributed by atoms with Gasteiger partial charge in [0.25, 0.3) is 0 Å². The average molecular weight is 287 g/mol. The van der Waals surface area contributed by atoms with Crippen LogP contribution in [0.5, 0.6) is 0 Å². The second kappa shape index (κ2) is 5.60. The standard InChI is InChI=1S/C12H21N3O3S/c1-14-7-5-13-12(14)11(16)8-10-4-3-6-15(9-10)19(2,17)18/h5,7,10-11,16H,3-4,6,8-9H2,1-2H3. The van der Waals surface area contributed by atoms with Crippen LogP contribution in [0.3, 0.4) is 0 Å². The van der Waals surface area contributed by atoms with Crippen molar-refractivity contribution in [3.63, 3.8) is 0 Å². The molecule has 2 rings (SSSR count). The summed E-state index contributed by atoms with van der Waals surface area (Å²) in [5, 5.41) is 10.2. The van der Waals surface area contributed by atoms with Gasteiger partial charge in [-0.3, -0.25) is 0 Å². The van der Waals surface area contributed by atoms with Crippen LogP contribution in [0.15, 0.2) is 12.4 Å². The van der Waals surface area contributed by atoms with Gasteiger partial charge in [0.2, 0.25) is 10.0 Å². The van der Waals surface area contributed by atoms with Gasteiger partial charge in [-0.1, -0.05) is 0 Å². The van der Waals surface area contributed by atoms with Gasteiger partial charge in [0.1, 0.15) is 11.9 Å². The van der Waals surface area contributed by atoms with Gasteiger partial charge in [-0.05, 0) is 25.2 Å². The molecule has 1 fully saturated rings. The lowest BCUT2D eigenvalue weighted by Gasteiger charge is -2.31. The Labute approximate surface area is 114 Å². The topological polar surface area (TPSA) is 75.4 Å². The first-order valence-electron chi connectivity index (χ1n) is 6.48. The van der Waals surface area contributed by atoms with E-state index >= 15 is 0 Å². The molecule has 0 bridgehead atoms. The Morgan fingerprint density at radius 3 is 2.89 bits per heavy atom. The predicted molar refractivity (Wildman–Crippen MR) is 71.9 cm³/mol. The Morgan fingerprint density at radius 1 is 1.58 bits per heavy atom. The number of sulfonamides is 1. The van der Waals surface area contributed by atoms with E-state index in [9.17, 15) is 13.5 Å². The highest BCUT2D eigenvalue weighted by molar-refractivity contribution is 7.88. The third-order valence-electron chi connectivity index (χ3n) is 3.66. The van der Waals surface area contributed by atoms with Crippen molar-refractivity contribution in [3.8, 4) is 0 Å². The van der Waals surface area contributed by atoms with Crippen molar-refractivity contribution in [1.29, 1.82) is 0 Å². The lowest BCUT2D eigenvalue weighted by Crippen LogP contribution is -2.39. The zero-order valence-corrected chi connectivity index (χ0v) is 12.2. The number of aliphatic hydroxyl groups is 1. The summed E-state index contributed by atoms with van der Waals surface area (Å²) < 4.78 is 26.4. The molecule has 1 aliphatic rings. The Kier molecular flexibility index (Phi) is 4.27. The molecule has 0 amide bonds. The molecular weight excluding hydrogens is 266 g/mol. The molecule has 2 heterocycles. The highest BCUT2D eigenvalue weighted by atomic mass is 32.2. The molecule has 2 unspecified atom stereocenters. The first-order chi connectivity index (χ1) is 8.88. The summed E-state index contributed by atoms with van der Waals surface area (Å²) >= 11 is 0. The van der Waals surface area contributed by atoms with Gasteiger partial charge in [0.15, 0.2) is 0 Å². The molecular formula is C12H21N3O3S. The maximum absolute atomic E-state index is 11.5. The molecule has 108 valence electrons. The van der Waals surface area contributed by atoms with E-state index in [0.29, 0.717) is 25.3 Å². The number of hydrogen-bond acceptors (Lipinski definition) is 4. The first-order valence-corrected chi connectivity index (χ1v) is 8.33. The maximum Gasteiger partial charge on any atom is 0.211 e. The van der Waals surface area contributed by atoms with E-state index in [1.54, 1.807) is 17.0 Å². The molecule has 0 aromatic carbocycles. The largest absolute Gasteiger partial charge is 0.385 e. The third-order valence-corrected chi connectivity index (χ3v) is 4.93. The minimum atomic E-state index is -3.13. The lowest BCUT2D eigenvalue weighted by molar-refractivity contribution is 0.113. The van der Waals surface area contributed by atoms with Crippen LogP contribution in [0.25, 0.3) is 0 Å². The summed E-state index contributed by atoms with van der Waals surface area (Å²) in [6.07, 6.45) is 6.41. The Hall–Kier alpha value is -0.920. The minimum absolute atomic E-state index is 0.190. The smallest absolute Gasteiger partial charge is 0.211 e. The van der Waals surface area contributed by atoms with Crippen molar-refractivity contribution in [2.75, 3.05) is 19.3 Å². The SMILES string of the molecule is Cn1ccnc1C(O)CC1CCCN(S(C)(=O)=O)C1. The van der Waals surface area contributed by atoms with Crippen LogP contribution in [0.1, 0.15) is 31.2 Å². The molecule has 1 aromatic rings. The number of aromatic nitrogens is 2. The highest BCUT2D eigenvalue weighted by Gasteiger charge is 2.28. The van der Waals surface area contributed by atoms with Gasteiger partial charge in [-0.15, -0.1) is 0 Å². The lowest BCUT2D eigenvalue weighted by atomic mass is 9.93. The van der Waals surface area contributed by atoms with E-state index in [2.05, 4.69) is 4.98 Å². The fourth-order valence-electron chi connectivity index (χ4n) is 2.64. The van der Waals surface area contributed by atoms with Gasteiger partial charge < -0.3 is 9.67 Å². The summed E-state index contributed by atoms with van der Waals surface area (Å²) in [5.74, 6) is 0.826. The molecule has 7 heteroatoms. The Bertz CT molecular complexity index is 526. The molecule has 0 saturated carbocycles. The second-order valence-electron chi connectivity index (χ2n) is 5.28. The van der Waals surface area contributed by atoms with E-state index < -0.39 is 16.1 Å². The molecule has 19 heavy (non-hydrogen) atoms. The zero-order chi connectivity index (χ0) is 14.0. The van der Waals surface area contributed by atoms with Crippen molar-refractivity contribution in [2.45, 2.75) is 25.4 Å². The fourth-order valence-corrected chi connectivity index (χ4v) is 3.58. The summed E-state index contributed by atoms with van der Waals surface area (Å²) in [5.41, 5.74) is 0. The normalized spacial score (nSPS) is 23.4. The third kappa shape index (κ3) is 3.55. The van der Waals surface area contributed by atoms with E-state index in [1.807, 2.05) is 7.05 Å². The summed E-state index contributed by atoms with van der Waals surface area (Å²) in [6, 6.07) is 0. The fraction of sp³-hybridized carbons (Fsp3) is 0.750. The van der Waals surface area contributed by atoms with E-state index in [0.717, 1.165) is 12.8 Å². The molecule has 1 saturated heterocycles. The first kappa shape index (κ1) is 14.5. The average Bonchev–Trinajstić information content (AvgIpc) is 2.75. The quantitative estimate of drug-likeness (QED) is 0.876. The minimum Gasteiger partial charge on any atom is -0.385 e. The maximum atomic E-state index is 11.5. The molecule has 0 radical (unpaired) electrons. The number of aryl methyl sites for hydroxylation is 1. The Balaban J connectivity index is 1.98. The molecule has 1 aromatic heterocycles. The highest BCUT2D eigenvalue weighted by Crippen LogP contribution is 2.27. The van der Waals surface area contributed by atoms with Gasteiger partial charge in [-0.25, -0.2) is 17.7 Å². The number of rotatable bonds is 4. The molecule has 0 aliphatic carbocycles. The van der Waals surface area contributed by atoms with E-state index in [1.165, 1.54) is 10.6 Å². The van der Waals surface area contributed by atoms with Crippen LogP contribution >= 0.6 is 0 Å². The van der Waals surface area contributed by atoms with Crippen LogP contribution in [0.4, 0.5) is 0 Å². The van der Waals surface area contributed by atoms with Crippen molar-refractivity contribution in [2.24, 2.45) is 13.0 Å². The summed E-state index contributed by atoms with van der Waals surface area (Å²) in [7, 11) is -1.28. The van der Waals surface area contributed by atoms with Gasteiger partial charge in [-0.2, -0.15) is 0 Å². The zero-order valence-electron chi connectivity index (χ0n) is 11.4. The van der Waals surface area contributed by atoms with Crippen LogP contribution in [-0.2, 0) is 17.1 Å². The van der Waals surface area contributed by atoms with Gasteiger partial charge in [0.05, 0.1) is 6.26 Å². The number of imidazole rings is 1. The summed E-state index contributed by atoms with van der Waals surface area (Å²) in [6.45, 7) is 1.09. The van der Waals surface area contributed by atoms with E-state index in [4.69, 9.17) is 0 Å². The second-order valence-corrected chi connectivity index (χ2v) is 7.26. The molecule has 0 spiro atoms. The van der Waals surface area contributed by atoms with Crippen molar-refractivity contribution in [3.05, 3.63) is 18.2 Å². The molecule has 2 atom stereocenters. The van der Waals surface area contributed by atoms with Crippen molar-refractivity contribution >= 4 is 10.0 Å². The van der Waals surface area contributed by atoms with Gasteiger partial charge in [0, 0.05) is 32.5 Å². The van der Waals surface area contributed by atoms with Crippen molar-refractivity contribution < 1.29 is 13.5 Å². The molecule has 6 nitrogen and oxygen atoms in total. The number of aliphatic hydroxyl groups excluding tert-OH is 1. The molecule has 1 N–H and O–H groups in total. The number of nitrogens with zero attached hydrogens (tertiary/aromatic N) is 3.